The van der Waals surface area contributed by atoms with E-state index in [1.165, 1.54) is 6.20 Å². The van der Waals surface area contributed by atoms with Crippen LogP contribution < -0.4 is 0 Å². The lowest BCUT2D eigenvalue weighted by molar-refractivity contribution is -0.0976. The first kappa shape index (κ1) is 12.9. The van der Waals surface area contributed by atoms with Crippen molar-refractivity contribution in [2.45, 2.75) is 26.4 Å². The highest BCUT2D eigenvalue weighted by Gasteiger charge is 2.39. The number of halogens is 3. The van der Waals surface area contributed by atoms with Gasteiger partial charge in [-0.1, -0.05) is 25.1 Å². The Bertz CT molecular complexity index is 495. The fourth-order valence-electron chi connectivity index (χ4n) is 2.17. The summed E-state index contributed by atoms with van der Waals surface area (Å²) in [6.07, 6.45) is 0.977. The smallest absolute Gasteiger partial charge is 0.261 e. The maximum atomic E-state index is 13.1. The SMILES string of the molecule is Cc1ccc(C2=C(C(F)(F)F)C(C)CC=C2)cn1. The van der Waals surface area contributed by atoms with Gasteiger partial charge in [-0.15, -0.1) is 0 Å². The van der Waals surface area contributed by atoms with Crippen LogP contribution in [0.1, 0.15) is 24.6 Å². The molecule has 1 aromatic rings. The first-order chi connectivity index (χ1) is 8.39. The lowest BCUT2D eigenvalue weighted by Crippen LogP contribution is -2.21. The maximum Gasteiger partial charge on any atom is 0.413 e. The van der Waals surface area contributed by atoms with E-state index in [-0.39, 0.29) is 5.57 Å². The highest BCUT2D eigenvalue weighted by Crippen LogP contribution is 2.41. The zero-order valence-corrected chi connectivity index (χ0v) is 10.3. The molecule has 0 amide bonds. The highest BCUT2D eigenvalue weighted by atomic mass is 19.4. The van der Waals surface area contributed by atoms with E-state index in [1.54, 1.807) is 31.2 Å². The molecule has 18 heavy (non-hydrogen) atoms. The molecule has 0 aromatic carbocycles. The van der Waals surface area contributed by atoms with E-state index in [0.717, 1.165) is 5.69 Å². The van der Waals surface area contributed by atoms with Crippen molar-refractivity contribution in [1.29, 1.82) is 0 Å². The molecule has 0 saturated carbocycles. The molecule has 0 spiro atoms. The van der Waals surface area contributed by atoms with E-state index in [0.29, 0.717) is 12.0 Å². The second-order valence-electron chi connectivity index (χ2n) is 4.55. The Morgan fingerprint density at radius 2 is 2.00 bits per heavy atom. The van der Waals surface area contributed by atoms with Gasteiger partial charge in [0.15, 0.2) is 0 Å². The molecule has 1 aromatic heterocycles. The minimum atomic E-state index is -4.29. The summed E-state index contributed by atoms with van der Waals surface area (Å²) in [4.78, 5) is 4.06. The van der Waals surface area contributed by atoms with Gasteiger partial charge < -0.3 is 0 Å². The molecule has 2 rings (SSSR count). The molecular formula is C14H14F3N. The molecule has 1 atom stereocenters. The van der Waals surface area contributed by atoms with Crippen molar-refractivity contribution in [3.63, 3.8) is 0 Å². The van der Waals surface area contributed by atoms with E-state index in [9.17, 15) is 13.2 Å². The van der Waals surface area contributed by atoms with E-state index < -0.39 is 17.7 Å². The Morgan fingerprint density at radius 1 is 1.28 bits per heavy atom. The fourth-order valence-corrected chi connectivity index (χ4v) is 2.17. The van der Waals surface area contributed by atoms with Gasteiger partial charge in [-0.05, 0) is 30.9 Å². The van der Waals surface area contributed by atoms with Crippen LogP contribution in [0.2, 0.25) is 0 Å². The molecule has 4 heteroatoms. The molecular weight excluding hydrogens is 239 g/mol. The average Bonchev–Trinajstić information content (AvgIpc) is 2.28. The van der Waals surface area contributed by atoms with E-state index in [4.69, 9.17) is 0 Å². The van der Waals surface area contributed by atoms with Crippen molar-refractivity contribution < 1.29 is 13.2 Å². The number of aryl methyl sites for hydroxylation is 1. The first-order valence-corrected chi connectivity index (χ1v) is 5.80. The summed E-state index contributed by atoms with van der Waals surface area (Å²) in [7, 11) is 0. The van der Waals surface area contributed by atoms with Crippen LogP contribution >= 0.6 is 0 Å². The van der Waals surface area contributed by atoms with Gasteiger partial charge in [0.05, 0.1) is 0 Å². The molecule has 0 aliphatic heterocycles. The van der Waals surface area contributed by atoms with Gasteiger partial charge >= 0.3 is 6.18 Å². The lowest BCUT2D eigenvalue weighted by atomic mass is 9.85. The number of pyridine rings is 1. The lowest BCUT2D eigenvalue weighted by Gasteiger charge is -2.24. The van der Waals surface area contributed by atoms with Crippen LogP contribution in [0.5, 0.6) is 0 Å². The van der Waals surface area contributed by atoms with Crippen LogP contribution in [0.15, 0.2) is 36.1 Å². The predicted molar refractivity (Wildman–Crippen MR) is 64.9 cm³/mol. The minimum absolute atomic E-state index is 0.244. The summed E-state index contributed by atoms with van der Waals surface area (Å²) in [5.41, 5.74) is 1.11. The highest BCUT2D eigenvalue weighted by molar-refractivity contribution is 5.78. The summed E-state index contributed by atoms with van der Waals surface area (Å²) in [6.45, 7) is 3.41. The van der Waals surface area contributed by atoms with Gasteiger partial charge in [0, 0.05) is 23.0 Å². The zero-order chi connectivity index (χ0) is 13.3. The van der Waals surface area contributed by atoms with Crippen molar-refractivity contribution in [3.05, 3.63) is 47.3 Å². The first-order valence-electron chi connectivity index (χ1n) is 5.80. The number of alkyl halides is 3. The monoisotopic (exact) mass is 253 g/mol. The van der Waals surface area contributed by atoms with Gasteiger partial charge in [0.1, 0.15) is 0 Å². The van der Waals surface area contributed by atoms with Gasteiger partial charge in [-0.2, -0.15) is 13.2 Å². The van der Waals surface area contributed by atoms with E-state index in [1.807, 2.05) is 6.92 Å². The second kappa shape index (κ2) is 4.59. The van der Waals surface area contributed by atoms with Crippen LogP contribution in [-0.4, -0.2) is 11.2 Å². The third-order valence-electron chi connectivity index (χ3n) is 3.08. The molecule has 0 saturated heterocycles. The molecule has 1 aliphatic rings. The molecule has 1 heterocycles. The summed E-state index contributed by atoms with van der Waals surface area (Å²) in [5, 5.41) is 0. The normalized spacial score (nSPS) is 20.4. The van der Waals surface area contributed by atoms with E-state index >= 15 is 0 Å². The van der Waals surface area contributed by atoms with Crippen molar-refractivity contribution in [3.8, 4) is 0 Å². The molecule has 1 nitrogen and oxygen atoms in total. The fraction of sp³-hybridized carbons (Fsp3) is 0.357. The van der Waals surface area contributed by atoms with Crippen molar-refractivity contribution in [1.82, 2.24) is 4.98 Å². The second-order valence-corrected chi connectivity index (χ2v) is 4.55. The number of hydrogen-bond donors (Lipinski definition) is 0. The molecule has 0 bridgehead atoms. The molecule has 0 N–H and O–H groups in total. The Labute approximate surface area is 104 Å². The van der Waals surface area contributed by atoms with Gasteiger partial charge in [0.2, 0.25) is 0 Å². The minimum Gasteiger partial charge on any atom is -0.261 e. The van der Waals surface area contributed by atoms with Gasteiger partial charge in [-0.25, -0.2) is 0 Å². The summed E-state index contributed by atoms with van der Waals surface area (Å²) < 4.78 is 39.3. The van der Waals surface area contributed by atoms with Crippen LogP contribution in [0.3, 0.4) is 0 Å². The van der Waals surface area contributed by atoms with Crippen LogP contribution in [0.4, 0.5) is 13.2 Å². The molecule has 1 aliphatic carbocycles. The van der Waals surface area contributed by atoms with Gasteiger partial charge in [0.25, 0.3) is 0 Å². The van der Waals surface area contributed by atoms with Gasteiger partial charge in [-0.3, -0.25) is 4.98 Å². The maximum absolute atomic E-state index is 13.1. The Balaban J connectivity index is 2.56. The molecule has 1 unspecified atom stereocenters. The standard InChI is InChI=1S/C14H14F3N/c1-9-4-3-5-12(13(9)14(15,16)17)11-7-6-10(2)18-8-11/h3,5-9H,4H2,1-2H3. The third kappa shape index (κ3) is 2.47. The largest absolute Gasteiger partial charge is 0.413 e. The summed E-state index contributed by atoms with van der Waals surface area (Å²) in [6, 6.07) is 3.41. The Hall–Kier alpha value is -1.58. The zero-order valence-electron chi connectivity index (χ0n) is 10.3. The number of rotatable bonds is 1. The van der Waals surface area contributed by atoms with Crippen LogP contribution in [0.25, 0.3) is 5.57 Å². The molecule has 0 fully saturated rings. The summed E-state index contributed by atoms with van der Waals surface area (Å²) >= 11 is 0. The quantitative estimate of drug-likeness (QED) is 0.727. The predicted octanol–water partition coefficient (Wildman–Crippen LogP) is 4.30. The Morgan fingerprint density at radius 3 is 2.56 bits per heavy atom. The van der Waals surface area contributed by atoms with Crippen LogP contribution in [-0.2, 0) is 0 Å². The average molecular weight is 253 g/mol. The number of aromatic nitrogens is 1. The Kier molecular flexibility index (Phi) is 3.28. The van der Waals surface area contributed by atoms with Crippen LogP contribution in [0, 0.1) is 12.8 Å². The van der Waals surface area contributed by atoms with Crippen molar-refractivity contribution >= 4 is 5.57 Å². The van der Waals surface area contributed by atoms with Crippen molar-refractivity contribution in [2.75, 3.05) is 0 Å². The third-order valence-corrected chi connectivity index (χ3v) is 3.08. The molecule has 96 valence electrons. The number of allylic oxidation sites excluding steroid dienone is 4. The summed E-state index contributed by atoms with van der Waals surface area (Å²) in [5.74, 6) is -0.508. The number of hydrogen-bond acceptors (Lipinski definition) is 1. The van der Waals surface area contributed by atoms with E-state index in [2.05, 4.69) is 4.98 Å². The van der Waals surface area contributed by atoms with Crippen molar-refractivity contribution in [2.24, 2.45) is 5.92 Å². The number of nitrogens with zero attached hydrogens (tertiary/aromatic N) is 1. The molecule has 0 radical (unpaired) electrons. The topological polar surface area (TPSA) is 12.9 Å².